The normalized spacial score (nSPS) is 9.50. The Morgan fingerprint density at radius 1 is 1.58 bits per heavy atom. The number of benzene rings is 1. The summed E-state index contributed by atoms with van der Waals surface area (Å²) in [5, 5.41) is 10.4. The molecule has 0 bridgehead atoms. The lowest BCUT2D eigenvalue weighted by Crippen LogP contribution is -2.40. The molecule has 0 radical (unpaired) electrons. The molecule has 0 atom stereocenters. The summed E-state index contributed by atoms with van der Waals surface area (Å²) in [4.78, 5) is 9.94. The lowest BCUT2D eigenvalue weighted by atomic mass is 10.2. The topological polar surface area (TPSA) is 80.0 Å². The molecule has 64 valence electrons. The Morgan fingerprint density at radius 3 is 2.75 bits per heavy atom. The maximum Gasteiger partial charge on any atom is 0.316 e. The van der Waals surface area contributed by atoms with Crippen molar-refractivity contribution in [3.05, 3.63) is 28.3 Å². The zero-order chi connectivity index (χ0) is 9.14. The molecule has 0 heterocycles. The number of ether oxygens (including phenoxy) is 1. The fourth-order valence-corrected chi connectivity index (χ4v) is 0.878. The standard InChI is InChI=1S/C7H8N2O3/c1-12-7-3-2-5(8)4-6(7)9(10)11/h2-4H,8H2,1H3/p+1. The number of quaternary nitrogens is 1. The molecule has 1 aromatic carbocycles. The highest BCUT2D eigenvalue weighted by Gasteiger charge is 2.14. The molecule has 5 heteroatoms. The fraction of sp³-hybridized carbons (Fsp3) is 0.143. The summed E-state index contributed by atoms with van der Waals surface area (Å²) in [5.41, 5.74) is 4.13. The van der Waals surface area contributed by atoms with Crippen LogP contribution in [0, 0.1) is 10.1 Å². The maximum atomic E-state index is 10.4. The summed E-state index contributed by atoms with van der Waals surface area (Å²) >= 11 is 0. The second-order valence-electron chi connectivity index (χ2n) is 2.26. The zero-order valence-electron chi connectivity index (χ0n) is 6.61. The molecule has 0 aliphatic rings. The molecule has 3 N–H and O–H groups in total. The summed E-state index contributed by atoms with van der Waals surface area (Å²) in [6.45, 7) is 0. The average molecular weight is 169 g/mol. The van der Waals surface area contributed by atoms with Crippen LogP contribution in [-0.2, 0) is 0 Å². The lowest BCUT2D eigenvalue weighted by Gasteiger charge is -1.99. The third-order valence-corrected chi connectivity index (χ3v) is 1.44. The Balaban J connectivity index is 3.21. The minimum Gasteiger partial charge on any atom is -0.490 e. The van der Waals surface area contributed by atoms with Crippen molar-refractivity contribution in [2.45, 2.75) is 0 Å². The van der Waals surface area contributed by atoms with Crippen molar-refractivity contribution in [3.63, 3.8) is 0 Å². The third kappa shape index (κ3) is 1.51. The van der Waals surface area contributed by atoms with Gasteiger partial charge in [-0.2, -0.15) is 0 Å². The Kier molecular flexibility index (Phi) is 2.25. The van der Waals surface area contributed by atoms with Gasteiger partial charge in [0.15, 0.2) is 5.75 Å². The Labute approximate surface area is 68.9 Å². The fourth-order valence-electron chi connectivity index (χ4n) is 0.878. The first kappa shape index (κ1) is 8.48. The predicted molar refractivity (Wildman–Crippen MR) is 42.2 cm³/mol. The van der Waals surface area contributed by atoms with Crippen LogP contribution in [0.15, 0.2) is 18.2 Å². The zero-order valence-corrected chi connectivity index (χ0v) is 6.61. The molecule has 1 rings (SSSR count). The van der Waals surface area contributed by atoms with Crippen LogP contribution in [0.25, 0.3) is 0 Å². The monoisotopic (exact) mass is 169 g/mol. The number of nitrogens with zero attached hydrogens (tertiary/aromatic N) is 1. The number of rotatable bonds is 2. The second kappa shape index (κ2) is 3.19. The van der Waals surface area contributed by atoms with Crippen LogP contribution < -0.4 is 10.5 Å². The van der Waals surface area contributed by atoms with Crippen molar-refractivity contribution < 1.29 is 15.4 Å². The summed E-state index contributed by atoms with van der Waals surface area (Å²) in [6, 6.07) is 4.56. The van der Waals surface area contributed by atoms with Crippen LogP contribution in [0.3, 0.4) is 0 Å². The number of nitro benzene ring substituents is 1. The van der Waals surface area contributed by atoms with Gasteiger partial charge in [0.2, 0.25) is 0 Å². The van der Waals surface area contributed by atoms with E-state index in [2.05, 4.69) is 5.73 Å². The summed E-state index contributed by atoms with van der Waals surface area (Å²) in [5.74, 6) is 0.257. The molecule has 0 saturated heterocycles. The summed E-state index contributed by atoms with van der Waals surface area (Å²) in [6.07, 6.45) is 0. The van der Waals surface area contributed by atoms with E-state index in [4.69, 9.17) is 4.74 Å². The Morgan fingerprint density at radius 2 is 2.25 bits per heavy atom. The van der Waals surface area contributed by atoms with Crippen molar-refractivity contribution in [2.24, 2.45) is 0 Å². The first-order valence-corrected chi connectivity index (χ1v) is 3.29. The number of methoxy groups -OCH3 is 1. The largest absolute Gasteiger partial charge is 0.490 e. The van der Waals surface area contributed by atoms with Gasteiger partial charge in [-0.15, -0.1) is 0 Å². The van der Waals surface area contributed by atoms with Crippen LogP contribution in [-0.4, -0.2) is 12.0 Å². The van der Waals surface area contributed by atoms with Crippen LogP contribution in [0.1, 0.15) is 0 Å². The van der Waals surface area contributed by atoms with Crippen molar-refractivity contribution >= 4 is 11.4 Å². The van der Waals surface area contributed by atoms with E-state index >= 15 is 0 Å². The van der Waals surface area contributed by atoms with Crippen molar-refractivity contribution in [3.8, 4) is 5.75 Å². The SMILES string of the molecule is COc1ccc([NH3+])cc1[N+](=O)[O-]. The van der Waals surface area contributed by atoms with Gasteiger partial charge in [0.1, 0.15) is 5.69 Å². The minimum atomic E-state index is -0.493. The second-order valence-corrected chi connectivity index (χ2v) is 2.26. The molecule has 0 aromatic heterocycles. The molecule has 0 fully saturated rings. The van der Waals surface area contributed by atoms with E-state index in [1.807, 2.05) is 0 Å². The van der Waals surface area contributed by atoms with Gasteiger partial charge in [0.25, 0.3) is 0 Å². The van der Waals surface area contributed by atoms with Gasteiger partial charge < -0.3 is 10.5 Å². The van der Waals surface area contributed by atoms with Crippen LogP contribution in [0.2, 0.25) is 0 Å². The van der Waals surface area contributed by atoms with E-state index in [9.17, 15) is 10.1 Å². The minimum absolute atomic E-state index is 0.0509. The number of hydrogen-bond donors (Lipinski definition) is 1. The summed E-state index contributed by atoms with van der Waals surface area (Å²) < 4.78 is 4.79. The molecule has 1 aromatic rings. The average Bonchev–Trinajstić information content (AvgIpc) is 2.04. The van der Waals surface area contributed by atoms with Gasteiger partial charge in [0.05, 0.1) is 18.1 Å². The lowest BCUT2D eigenvalue weighted by molar-refractivity contribution is -0.386. The highest BCUT2D eigenvalue weighted by molar-refractivity contribution is 5.52. The van der Waals surface area contributed by atoms with Crippen LogP contribution in [0.4, 0.5) is 11.4 Å². The van der Waals surface area contributed by atoms with Gasteiger partial charge in [-0.05, 0) is 6.07 Å². The van der Waals surface area contributed by atoms with E-state index in [1.165, 1.54) is 19.2 Å². The van der Waals surface area contributed by atoms with E-state index in [1.54, 1.807) is 6.07 Å². The maximum absolute atomic E-state index is 10.4. The van der Waals surface area contributed by atoms with Gasteiger partial charge in [-0.25, -0.2) is 0 Å². The molecular weight excluding hydrogens is 160 g/mol. The first-order chi connectivity index (χ1) is 5.65. The molecule has 0 spiro atoms. The van der Waals surface area contributed by atoms with E-state index in [-0.39, 0.29) is 11.4 Å². The number of hydrogen-bond acceptors (Lipinski definition) is 3. The molecule has 0 aliphatic heterocycles. The molecule has 0 saturated carbocycles. The summed E-state index contributed by atoms with van der Waals surface area (Å²) in [7, 11) is 1.39. The first-order valence-electron chi connectivity index (χ1n) is 3.29. The van der Waals surface area contributed by atoms with E-state index < -0.39 is 4.92 Å². The van der Waals surface area contributed by atoms with E-state index in [0.717, 1.165) is 0 Å². The Hall–Kier alpha value is -1.62. The molecule has 12 heavy (non-hydrogen) atoms. The predicted octanol–water partition coefficient (Wildman–Crippen LogP) is 0.477. The van der Waals surface area contributed by atoms with Crippen molar-refractivity contribution in [1.82, 2.24) is 0 Å². The van der Waals surface area contributed by atoms with Gasteiger partial charge >= 0.3 is 5.69 Å². The molecular formula is C7H9N2O3+. The Bertz CT molecular complexity index is 312. The van der Waals surface area contributed by atoms with E-state index in [0.29, 0.717) is 5.69 Å². The molecule has 5 nitrogen and oxygen atoms in total. The van der Waals surface area contributed by atoms with Crippen LogP contribution in [0.5, 0.6) is 5.75 Å². The smallest absolute Gasteiger partial charge is 0.316 e. The quantitative estimate of drug-likeness (QED) is 0.516. The van der Waals surface area contributed by atoms with Crippen molar-refractivity contribution in [1.29, 1.82) is 0 Å². The molecule has 0 aliphatic carbocycles. The third-order valence-electron chi connectivity index (χ3n) is 1.44. The van der Waals surface area contributed by atoms with Gasteiger partial charge in [-0.1, -0.05) is 0 Å². The van der Waals surface area contributed by atoms with Crippen molar-refractivity contribution in [2.75, 3.05) is 7.11 Å². The van der Waals surface area contributed by atoms with Gasteiger partial charge in [0, 0.05) is 6.07 Å². The van der Waals surface area contributed by atoms with Gasteiger partial charge in [-0.3, -0.25) is 10.1 Å². The molecule has 0 unspecified atom stereocenters. The highest BCUT2D eigenvalue weighted by Crippen LogP contribution is 2.27. The number of nitro groups is 1. The highest BCUT2D eigenvalue weighted by atomic mass is 16.6. The molecule has 0 amide bonds. The van der Waals surface area contributed by atoms with Crippen LogP contribution >= 0.6 is 0 Å².